The topological polar surface area (TPSA) is 84.2 Å². The number of hydrogen-bond acceptors (Lipinski definition) is 3. The van der Waals surface area contributed by atoms with Crippen LogP contribution in [0.25, 0.3) is 5.69 Å². The number of alkyl halides is 3. The van der Waals surface area contributed by atoms with Gasteiger partial charge in [0.1, 0.15) is 6.54 Å². The Labute approximate surface area is 147 Å². The summed E-state index contributed by atoms with van der Waals surface area (Å²) < 4.78 is 38.1. The van der Waals surface area contributed by atoms with Crippen molar-refractivity contribution in [3.63, 3.8) is 0 Å². The SMILES string of the molecule is Cc1nn(-c2ccc(C(=O)NCC(F)(F)F)cc2)c(C)c1CCC(=O)O. The minimum Gasteiger partial charge on any atom is -0.481 e. The summed E-state index contributed by atoms with van der Waals surface area (Å²) in [5.74, 6) is -1.71. The molecule has 0 atom stereocenters. The first-order chi connectivity index (χ1) is 12.1. The van der Waals surface area contributed by atoms with Gasteiger partial charge in [0.2, 0.25) is 0 Å². The highest BCUT2D eigenvalue weighted by molar-refractivity contribution is 5.94. The number of amides is 1. The quantitative estimate of drug-likeness (QED) is 0.820. The smallest absolute Gasteiger partial charge is 0.405 e. The van der Waals surface area contributed by atoms with E-state index in [2.05, 4.69) is 5.10 Å². The minimum absolute atomic E-state index is 0.00825. The Morgan fingerprint density at radius 3 is 2.35 bits per heavy atom. The molecule has 0 aliphatic carbocycles. The summed E-state index contributed by atoms with van der Waals surface area (Å²) in [6.07, 6.45) is -4.12. The lowest BCUT2D eigenvalue weighted by Crippen LogP contribution is -2.33. The molecular weight excluding hydrogens is 351 g/mol. The lowest BCUT2D eigenvalue weighted by Gasteiger charge is -2.09. The summed E-state index contributed by atoms with van der Waals surface area (Å²) in [6, 6.07) is 5.97. The van der Waals surface area contributed by atoms with E-state index >= 15 is 0 Å². The van der Waals surface area contributed by atoms with E-state index < -0.39 is 24.6 Å². The van der Waals surface area contributed by atoms with Crippen LogP contribution in [-0.4, -0.2) is 39.5 Å². The van der Waals surface area contributed by atoms with Crippen molar-refractivity contribution in [1.29, 1.82) is 0 Å². The average Bonchev–Trinajstić information content (AvgIpc) is 2.84. The number of nitrogens with zero attached hydrogens (tertiary/aromatic N) is 2. The predicted molar refractivity (Wildman–Crippen MR) is 87.4 cm³/mol. The molecule has 9 heteroatoms. The highest BCUT2D eigenvalue weighted by Crippen LogP contribution is 2.20. The van der Waals surface area contributed by atoms with Gasteiger partial charge in [-0.15, -0.1) is 0 Å². The zero-order valence-electron chi connectivity index (χ0n) is 14.2. The molecule has 1 amide bonds. The van der Waals surface area contributed by atoms with Crippen LogP contribution >= 0.6 is 0 Å². The summed E-state index contributed by atoms with van der Waals surface area (Å²) in [6.45, 7) is 2.19. The zero-order valence-corrected chi connectivity index (χ0v) is 14.2. The molecule has 0 unspecified atom stereocenters. The summed E-state index contributed by atoms with van der Waals surface area (Å²) in [5, 5.41) is 15.0. The van der Waals surface area contributed by atoms with Crippen molar-refractivity contribution in [3.05, 3.63) is 46.8 Å². The van der Waals surface area contributed by atoms with E-state index in [0.29, 0.717) is 17.8 Å². The van der Waals surface area contributed by atoms with Crippen LogP contribution in [0.1, 0.15) is 33.7 Å². The van der Waals surface area contributed by atoms with Crippen molar-refractivity contribution in [1.82, 2.24) is 15.1 Å². The Balaban J connectivity index is 2.17. The van der Waals surface area contributed by atoms with Crippen LogP contribution in [0.4, 0.5) is 13.2 Å². The first-order valence-corrected chi connectivity index (χ1v) is 7.81. The third-order valence-corrected chi connectivity index (χ3v) is 3.85. The lowest BCUT2D eigenvalue weighted by atomic mass is 10.1. The molecule has 0 aliphatic rings. The number of carboxylic acid groups (broad SMARTS) is 1. The van der Waals surface area contributed by atoms with Gasteiger partial charge in [0.25, 0.3) is 5.91 Å². The third-order valence-electron chi connectivity index (χ3n) is 3.85. The minimum atomic E-state index is -4.47. The maximum Gasteiger partial charge on any atom is 0.405 e. The number of aliphatic carboxylic acids is 1. The molecule has 0 bridgehead atoms. The second kappa shape index (κ2) is 7.59. The van der Waals surface area contributed by atoms with Gasteiger partial charge in [-0.05, 0) is 50.1 Å². The first kappa shape index (κ1) is 19.5. The van der Waals surface area contributed by atoms with Crippen LogP contribution in [0.5, 0.6) is 0 Å². The van der Waals surface area contributed by atoms with Crippen LogP contribution in [0, 0.1) is 13.8 Å². The van der Waals surface area contributed by atoms with Crippen LogP contribution in [0.15, 0.2) is 24.3 Å². The molecule has 2 N–H and O–H groups in total. The van der Waals surface area contributed by atoms with Crippen molar-refractivity contribution < 1.29 is 27.9 Å². The number of halogens is 3. The maximum absolute atomic E-state index is 12.2. The predicted octanol–water partition coefficient (Wildman–Crippen LogP) is 2.80. The normalized spacial score (nSPS) is 11.4. The maximum atomic E-state index is 12.2. The molecule has 6 nitrogen and oxygen atoms in total. The molecular formula is C17H18F3N3O3. The molecule has 2 rings (SSSR count). The summed E-state index contributed by atoms with van der Waals surface area (Å²) in [5.41, 5.74) is 3.04. The summed E-state index contributed by atoms with van der Waals surface area (Å²) in [7, 11) is 0. The van der Waals surface area contributed by atoms with Crippen molar-refractivity contribution in [2.24, 2.45) is 0 Å². The van der Waals surface area contributed by atoms with Crippen molar-refractivity contribution >= 4 is 11.9 Å². The molecule has 0 saturated heterocycles. The molecule has 1 aromatic carbocycles. The number of rotatable bonds is 6. The number of carbonyl (C=O) groups excluding carboxylic acids is 1. The Kier molecular flexibility index (Phi) is 5.69. The second-order valence-electron chi connectivity index (χ2n) is 5.80. The Hall–Kier alpha value is -2.84. The zero-order chi connectivity index (χ0) is 19.5. The van der Waals surface area contributed by atoms with Gasteiger partial charge in [0.15, 0.2) is 0 Å². The number of aromatic nitrogens is 2. The monoisotopic (exact) mass is 369 g/mol. The summed E-state index contributed by atoms with van der Waals surface area (Å²) in [4.78, 5) is 22.5. The fraction of sp³-hybridized carbons (Fsp3) is 0.353. The van der Waals surface area contributed by atoms with Crippen LogP contribution in [0.3, 0.4) is 0 Å². The van der Waals surface area contributed by atoms with E-state index in [1.807, 2.05) is 5.32 Å². The number of aryl methyl sites for hydroxylation is 1. The number of carbonyl (C=O) groups is 2. The number of hydrogen-bond donors (Lipinski definition) is 2. The molecule has 26 heavy (non-hydrogen) atoms. The van der Waals surface area contributed by atoms with E-state index in [4.69, 9.17) is 5.11 Å². The molecule has 1 heterocycles. The highest BCUT2D eigenvalue weighted by Gasteiger charge is 2.27. The molecule has 0 fully saturated rings. The van der Waals surface area contributed by atoms with Gasteiger partial charge in [-0.25, -0.2) is 4.68 Å². The van der Waals surface area contributed by atoms with Crippen LogP contribution in [0.2, 0.25) is 0 Å². The molecule has 0 saturated carbocycles. The molecule has 0 aliphatic heterocycles. The van der Waals surface area contributed by atoms with Gasteiger partial charge in [0, 0.05) is 17.7 Å². The molecule has 0 radical (unpaired) electrons. The van der Waals surface area contributed by atoms with E-state index in [1.165, 1.54) is 12.1 Å². The highest BCUT2D eigenvalue weighted by atomic mass is 19.4. The average molecular weight is 369 g/mol. The van der Waals surface area contributed by atoms with Crippen molar-refractivity contribution in [2.75, 3.05) is 6.54 Å². The van der Waals surface area contributed by atoms with E-state index in [9.17, 15) is 22.8 Å². The number of benzene rings is 1. The third kappa shape index (κ3) is 4.84. The molecule has 140 valence electrons. The standard InChI is InChI=1S/C17H18F3N3O3/c1-10-14(7-8-15(24)25)11(2)23(22-10)13-5-3-12(4-6-13)16(26)21-9-17(18,19)20/h3-6H,7-9H2,1-2H3,(H,21,26)(H,24,25). The van der Waals surface area contributed by atoms with Crippen LogP contribution in [-0.2, 0) is 11.2 Å². The van der Waals surface area contributed by atoms with Gasteiger partial charge >= 0.3 is 12.1 Å². The fourth-order valence-corrected chi connectivity index (χ4v) is 2.56. The molecule has 0 spiro atoms. The van der Waals surface area contributed by atoms with E-state index in [-0.39, 0.29) is 12.0 Å². The van der Waals surface area contributed by atoms with Gasteiger partial charge in [-0.1, -0.05) is 0 Å². The lowest BCUT2D eigenvalue weighted by molar-refractivity contribution is -0.137. The van der Waals surface area contributed by atoms with E-state index in [1.54, 1.807) is 30.7 Å². The fourth-order valence-electron chi connectivity index (χ4n) is 2.56. The molecule has 2 aromatic rings. The largest absolute Gasteiger partial charge is 0.481 e. The van der Waals surface area contributed by atoms with Crippen LogP contribution < -0.4 is 5.32 Å². The van der Waals surface area contributed by atoms with Crippen molar-refractivity contribution in [2.45, 2.75) is 32.9 Å². The second-order valence-corrected chi connectivity index (χ2v) is 5.80. The Morgan fingerprint density at radius 1 is 1.19 bits per heavy atom. The molecule has 1 aromatic heterocycles. The van der Waals surface area contributed by atoms with Gasteiger partial charge in [0.05, 0.1) is 11.4 Å². The van der Waals surface area contributed by atoms with Gasteiger partial charge in [-0.3, -0.25) is 9.59 Å². The number of nitrogens with one attached hydrogen (secondary N) is 1. The first-order valence-electron chi connectivity index (χ1n) is 7.81. The van der Waals surface area contributed by atoms with Gasteiger partial charge < -0.3 is 10.4 Å². The van der Waals surface area contributed by atoms with Gasteiger partial charge in [-0.2, -0.15) is 18.3 Å². The summed E-state index contributed by atoms with van der Waals surface area (Å²) >= 11 is 0. The number of carboxylic acids is 1. The Bertz CT molecular complexity index is 811. The van der Waals surface area contributed by atoms with E-state index in [0.717, 1.165) is 11.3 Å². The van der Waals surface area contributed by atoms with Crippen molar-refractivity contribution in [3.8, 4) is 5.69 Å². The Morgan fingerprint density at radius 2 is 1.81 bits per heavy atom.